The number of aromatic hydroxyl groups is 1. The minimum atomic E-state index is -1.77. The van der Waals surface area contributed by atoms with Crippen molar-refractivity contribution < 1.29 is 63.6 Å². The van der Waals surface area contributed by atoms with Crippen molar-refractivity contribution in [2.75, 3.05) is 31.1 Å². The molecule has 2 unspecified atom stereocenters. The summed E-state index contributed by atoms with van der Waals surface area (Å²) in [5.74, 6) is -9.48. The lowest BCUT2D eigenvalue weighted by Gasteiger charge is -2.47. The van der Waals surface area contributed by atoms with Crippen molar-refractivity contribution in [1.82, 2.24) is 57.4 Å². The number of thiol groups is 2. The summed E-state index contributed by atoms with van der Waals surface area (Å²) in [6.45, 7) is 5.89. The number of nitrogens with one attached hydrogen (secondary N) is 10. The van der Waals surface area contributed by atoms with Crippen LogP contribution >= 0.6 is 41.2 Å². The van der Waals surface area contributed by atoms with Crippen molar-refractivity contribution in [2.45, 2.75) is 151 Å². The molecule has 8 rings (SSSR count). The van der Waals surface area contributed by atoms with E-state index in [0.29, 0.717) is 41.4 Å². The largest absolute Gasteiger partial charge is 0.507 e. The second-order valence-corrected chi connectivity index (χ2v) is 26.0. The normalized spacial score (nSPS) is 18.4. The van der Waals surface area contributed by atoms with Gasteiger partial charge < -0.3 is 78.7 Å². The molecule has 8 amide bonds. The Morgan fingerprint density at radius 2 is 1.19 bits per heavy atom. The number of phenols is 1. The Morgan fingerprint density at radius 1 is 0.632 bits per heavy atom. The number of para-hydroxylation sites is 1. The number of phenolic OH excluding ortho intramolecular Hbond substituents is 1. The van der Waals surface area contributed by atoms with Gasteiger partial charge in [0, 0.05) is 83.5 Å². The van der Waals surface area contributed by atoms with Gasteiger partial charge in [-0.2, -0.15) is 25.3 Å². The standard InChI is InChI=1S/C67H85BrN12O13S2/c1-4-23-80-32-41(27-44-43-16-12-19-47-56(43)40(31-71-47)29-54(44)80)59(84)73-49(25-37-13-6-5-7-14-37)62(87)76-52(33-94)64(89)74-50(26-38-20-21-55(83)45(68)24-38)61(86)75-51(28-39-30-70-46-17-9-8-15-42(39)46)63(88)72-48(18-10-11-22-69)60(85)78-57(35(2)81)66(91)77-53(34-95)65(90)79-58(36(3)82)67(92)93/h5-9,12-17,19-21,24,30-31,35-36,41,44,48-54,57-58,70-71,81-83,94-95H,4,10-11,18,22-23,25-29,32-34,69H2,1-3H3,(H,72,88)(H,73,84)(H,74,89)(H,75,86)(H,76,87)(H,77,91)(H,78,85)(H,79,90)(H,92,93)/t35-,36-,41-,44?,48+,49-,50+,51-,52+,53+,54?,57+,58+/m1/s1. The number of carboxylic acids is 1. The molecule has 1 aliphatic heterocycles. The van der Waals surface area contributed by atoms with Gasteiger partial charge in [-0.25, -0.2) is 4.79 Å². The number of aliphatic hydroxyl groups is 2. The second-order valence-electron chi connectivity index (χ2n) is 24.4. The summed E-state index contributed by atoms with van der Waals surface area (Å²) in [4.78, 5) is 136. The zero-order valence-corrected chi connectivity index (χ0v) is 56.4. The number of aliphatic hydroxyl groups excluding tert-OH is 2. The van der Waals surface area contributed by atoms with Gasteiger partial charge in [0.15, 0.2) is 6.04 Å². The molecule has 25 nitrogen and oxygen atoms in total. The summed E-state index contributed by atoms with van der Waals surface area (Å²) < 4.78 is 0.268. The average molecular weight is 1410 g/mol. The molecule has 13 atom stereocenters. The number of benzene rings is 4. The van der Waals surface area contributed by atoms with Crippen LogP contribution in [0.3, 0.4) is 0 Å². The summed E-state index contributed by atoms with van der Waals surface area (Å²) in [5.41, 5.74) is 11.8. The van der Waals surface area contributed by atoms with Crippen molar-refractivity contribution in [3.05, 3.63) is 136 Å². The number of aliphatic carboxylic acids is 1. The number of carboxylic acid groups (broad SMARTS) is 1. The van der Waals surface area contributed by atoms with Crippen molar-refractivity contribution in [1.29, 1.82) is 0 Å². The van der Waals surface area contributed by atoms with Crippen LogP contribution in [-0.4, -0.2) is 186 Å². The number of likely N-dealkylation sites (tertiary alicyclic amines) is 1. The van der Waals surface area contributed by atoms with Crippen LogP contribution in [0, 0.1) is 5.92 Å². The number of nitrogens with two attached hydrogens (primary N) is 1. The van der Waals surface area contributed by atoms with Crippen molar-refractivity contribution in [3.63, 3.8) is 0 Å². The van der Waals surface area contributed by atoms with Gasteiger partial charge in [-0.1, -0.05) is 73.7 Å². The van der Waals surface area contributed by atoms with E-state index in [-0.39, 0.29) is 78.2 Å². The quantitative estimate of drug-likeness (QED) is 0.0208. The van der Waals surface area contributed by atoms with Crippen molar-refractivity contribution in [2.24, 2.45) is 11.7 Å². The third kappa shape index (κ3) is 18.7. The Kier molecular flexibility index (Phi) is 26.1. The maximum atomic E-state index is 15.1. The lowest BCUT2D eigenvalue weighted by atomic mass is 9.72. The molecular weight excluding hydrogens is 1320 g/mol. The Morgan fingerprint density at radius 3 is 1.83 bits per heavy atom. The first-order valence-electron chi connectivity index (χ1n) is 31.9. The van der Waals surface area contributed by atoms with Gasteiger partial charge in [0.25, 0.3) is 0 Å². The van der Waals surface area contributed by atoms with E-state index in [1.807, 2.05) is 42.5 Å². The first kappa shape index (κ1) is 72.8. The van der Waals surface area contributed by atoms with Crippen LogP contribution < -0.4 is 48.3 Å². The van der Waals surface area contributed by atoms with E-state index in [2.05, 4.69) is 124 Å². The van der Waals surface area contributed by atoms with Gasteiger partial charge in [0.2, 0.25) is 47.3 Å². The molecule has 0 bridgehead atoms. The van der Waals surface area contributed by atoms with Crippen LogP contribution in [0.4, 0.5) is 0 Å². The number of amides is 8. The van der Waals surface area contributed by atoms with E-state index in [1.54, 1.807) is 24.4 Å². The smallest absolute Gasteiger partial charge is 0.328 e. The molecule has 2 aromatic heterocycles. The predicted octanol–water partition coefficient (Wildman–Crippen LogP) is 2.30. The number of hydrogen-bond donors (Lipinski definition) is 17. The Bertz CT molecular complexity index is 3700. The number of rotatable bonds is 33. The molecule has 1 fully saturated rings. The molecule has 0 spiro atoms. The first-order valence-corrected chi connectivity index (χ1v) is 33.9. The number of halogens is 1. The zero-order valence-electron chi connectivity index (χ0n) is 53.0. The molecule has 28 heteroatoms. The fraction of sp³-hybridized carbons (Fsp3) is 0.448. The lowest BCUT2D eigenvalue weighted by molar-refractivity contribution is -0.145. The number of aromatic amines is 2. The summed E-state index contributed by atoms with van der Waals surface area (Å²) in [7, 11) is 0. The van der Waals surface area contributed by atoms with Crippen LogP contribution in [0.5, 0.6) is 5.75 Å². The topological polar surface area (TPSA) is 392 Å². The van der Waals surface area contributed by atoms with Crippen LogP contribution in [0.2, 0.25) is 0 Å². The number of nitrogens with zero attached hydrogens (tertiary/aromatic N) is 1. The van der Waals surface area contributed by atoms with Crippen LogP contribution in [0.25, 0.3) is 21.8 Å². The van der Waals surface area contributed by atoms with Gasteiger partial charge in [-0.3, -0.25) is 43.3 Å². The molecular formula is C67H85BrN12O13S2. The summed E-state index contributed by atoms with van der Waals surface area (Å²) in [6.07, 6.45) is 3.07. The van der Waals surface area contributed by atoms with Gasteiger partial charge in [0.1, 0.15) is 48.0 Å². The van der Waals surface area contributed by atoms with Gasteiger partial charge in [-0.05, 0) is 133 Å². The minimum absolute atomic E-state index is 0.0549. The molecule has 0 saturated carbocycles. The highest BCUT2D eigenvalue weighted by Gasteiger charge is 2.44. The molecule has 6 aromatic rings. The third-order valence-electron chi connectivity index (χ3n) is 17.5. The van der Waals surface area contributed by atoms with Crippen LogP contribution in [0.1, 0.15) is 86.6 Å². The third-order valence-corrected chi connectivity index (χ3v) is 18.9. The Balaban J connectivity index is 1.03. The molecule has 0 radical (unpaired) electrons. The number of carbonyl (C=O) groups excluding carboxylic acids is 8. The molecule has 95 heavy (non-hydrogen) atoms. The monoisotopic (exact) mass is 1410 g/mol. The summed E-state index contributed by atoms with van der Waals surface area (Å²) in [6, 6.07) is 15.1. The molecule has 1 saturated heterocycles. The Labute approximate surface area is 569 Å². The van der Waals surface area contributed by atoms with Gasteiger partial charge in [0.05, 0.1) is 22.6 Å². The number of fused-ring (bicyclic) bond motifs is 3. The molecule has 2 aliphatic rings. The first-order chi connectivity index (χ1) is 45.5. The number of hydrogen-bond acceptors (Lipinski definition) is 16. The maximum Gasteiger partial charge on any atom is 0.328 e. The van der Waals surface area contributed by atoms with Crippen LogP contribution in [0.15, 0.2) is 108 Å². The highest BCUT2D eigenvalue weighted by molar-refractivity contribution is 9.10. The van der Waals surface area contributed by atoms with E-state index < -0.39 is 114 Å². The van der Waals surface area contributed by atoms with E-state index in [1.165, 1.54) is 41.6 Å². The van der Waals surface area contributed by atoms with E-state index in [0.717, 1.165) is 37.4 Å². The number of piperidine rings is 1. The SMILES string of the molecule is CCCN1C[C@H](C(=O)N[C@H](Cc2ccccc2)C(=O)N[C@@H](CS)C(=O)N[C@@H](Cc2ccc(O)c(Br)c2)C(=O)N[C@H](Cc2c[nH]c3ccccc23)C(=O)N[C@@H](CCCCN)C(=O)N[C@H](C(=O)N[C@@H](CS)C(=O)N[C@H](C(=O)O)[C@@H](C)O)[C@@H](C)O)CC2c3cccc4[nH]cc(c34)CC21. The van der Waals surface area contributed by atoms with Crippen LogP contribution in [-0.2, 0) is 68.8 Å². The summed E-state index contributed by atoms with van der Waals surface area (Å²) >= 11 is 12.0. The highest BCUT2D eigenvalue weighted by atomic mass is 79.9. The second kappa shape index (κ2) is 34.1. The molecule has 3 heterocycles. The van der Waals surface area contributed by atoms with Crippen molar-refractivity contribution >= 4 is 116 Å². The molecule has 510 valence electrons. The summed E-state index contributed by atoms with van der Waals surface area (Å²) in [5, 5.41) is 63.8. The van der Waals surface area contributed by atoms with Crippen molar-refractivity contribution in [3.8, 4) is 5.75 Å². The number of aromatic nitrogens is 2. The molecule has 16 N–H and O–H groups in total. The van der Waals surface area contributed by atoms with E-state index in [4.69, 9.17) is 5.73 Å². The Hall–Kier alpha value is -7.99. The predicted molar refractivity (Wildman–Crippen MR) is 367 cm³/mol. The fourth-order valence-corrected chi connectivity index (χ4v) is 13.5. The number of carbonyl (C=O) groups is 9. The fourth-order valence-electron chi connectivity index (χ4n) is 12.5. The average Bonchev–Trinajstić information content (AvgIpc) is 1.71. The minimum Gasteiger partial charge on any atom is -0.507 e. The number of unbranched alkanes of at least 4 members (excludes halogenated alkanes) is 1. The lowest BCUT2D eigenvalue weighted by Crippen LogP contribution is -2.62. The van der Waals surface area contributed by atoms with E-state index in [9.17, 15) is 54.0 Å². The number of H-pyrrole nitrogens is 2. The van der Waals surface area contributed by atoms with Gasteiger partial charge >= 0.3 is 5.97 Å². The molecule has 4 aromatic carbocycles. The van der Waals surface area contributed by atoms with E-state index >= 15 is 9.59 Å². The highest BCUT2D eigenvalue weighted by Crippen LogP contribution is 2.45. The van der Waals surface area contributed by atoms with Gasteiger partial charge in [-0.15, -0.1) is 0 Å². The molecule has 1 aliphatic carbocycles. The maximum absolute atomic E-state index is 15.1. The zero-order chi connectivity index (χ0) is 68.6.